The smallest absolute Gasteiger partial charge is 0.318 e. The molecule has 2 saturated heterocycles. The van der Waals surface area contributed by atoms with E-state index in [0.717, 1.165) is 57.3 Å². The molecule has 1 aromatic heterocycles. The maximum atomic E-state index is 11.9. The zero-order valence-electron chi connectivity index (χ0n) is 25.8. The lowest BCUT2D eigenvalue weighted by Gasteiger charge is -2.38. The van der Waals surface area contributed by atoms with Crippen LogP contribution in [0, 0.1) is 11.3 Å². The van der Waals surface area contributed by atoms with Gasteiger partial charge in [-0.1, -0.05) is 43.0 Å². The van der Waals surface area contributed by atoms with Crippen LogP contribution in [0.25, 0.3) is 10.8 Å². The fourth-order valence-electron chi connectivity index (χ4n) is 5.51. The largest absolute Gasteiger partial charge is 0.467 e. The van der Waals surface area contributed by atoms with Crippen molar-refractivity contribution in [2.45, 2.75) is 32.9 Å². The number of hydrogen-bond acceptors (Lipinski definition) is 9. The predicted molar refractivity (Wildman–Crippen MR) is 170 cm³/mol. The van der Waals surface area contributed by atoms with Gasteiger partial charge in [0.1, 0.15) is 5.82 Å². The maximum Gasteiger partial charge on any atom is 0.318 e. The molecule has 4 heterocycles. The molecule has 0 aliphatic carbocycles. The molecule has 2 aromatic carbocycles. The average Bonchev–Trinajstić information content (AvgIpc) is 3.05. The van der Waals surface area contributed by atoms with E-state index >= 15 is 0 Å². The van der Waals surface area contributed by atoms with Gasteiger partial charge in [-0.2, -0.15) is 15.2 Å². The lowest BCUT2D eigenvalue weighted by Crippen LogP contribution is -2.49. The van der Waals surface area contributed by atoms with Gasteiger partial charge in [0.25, 0.3) is 0 Å². The molecule has 1 amide bonds. The van der Waals surface area contributed by atoms with Gasteiger partial charge in [-0.3, -0.25) is 9.69 Å². The number of methoxy groups -OCH3 is 1. The van der Waals surface area contributed by atoms with Crippen molar-refractivity contribution in [3.05, 3.63) is 66.4 Å². The maximum absolute atomic E-state index is 11.9. The number of carbonyl (C=O) groups is 1. The number of amides is 1. The Morgan fingerprint density at radius 2 is 1.79 bits per heavy atom. The monoisotopic (exact) mass is 585 g/mol. The minimum atomic E-state index is -0.0160. The lowest BCUT2D eigenvalue weighted by molar-refractivity contribution is -0.126. The van der Waals surface area contributed by atoms with Gasteiger partial charge >= 0.3 is 6.01 Å². The molecule has 3 aliphatic rings. The number of benzene rings is 2. The summed E-state index contributed by atoms with van der Waals surface area (Å²) in [6.07, 6.45) is 2.25. The van der Waals surface area contributed by atoms with Crippen molar-refractivity contribution < 1.29 is 14.3 Å². The van der Waals surface area contributed by atoms with E-state index in [1.807, 2.05) is 4.90 Å². The van der Waals surface area contributed by atoms with Gasteiger partial charge in [0.15, 0.2) is 0 Å². The van der Waals surface area contributed by atoms with Gasteiger partial charge in [-0.15, -0.1) is 0 Å². The highest BCUT2D eigenvalue weighted by Gasteiger charge is 2.28. The summed E-state index contributed by atoms with van der Waals surface area (Å²) < 4.78 is 10.7. The van der Waals surface area contributed by atoms with E-state index < -0.39 is 0 Å². The Balaban J connectivity index is 0.000000327. The average molecular weight is 586 g/mol. The number of carbonyl (C=O) groups excluding carboxylic acids is 1. The summed E-state index contributed by atoms with van der Waals surface area (Å²) in [5.41, 5.74) is 3.42. The highest BCUT2D eigenvalue weighted by atomic mass is 16.5. The van der Waals surface area contributed by atoms with Crippen LogP contribution in [-0.4, -0.2) is 98.4 Å². The first-order valence-electron chi connectivity index (χ1n) is 14.8. The highest BCUT2D eigenvalue weighted by molar-refractivity contribution is 5.94. The van der Waals surface area contributed by atoms with Gasteiger partial charge in [-0.25, -0.2) is 0 Å². The van der Waals surface area contributed by atoms with Gasteiger partial charge < -0.3 is 24.2 Å². The summed E-state index contributed by atoms with van der Waals surface area (Å²) >= 11 is 0. The van der Waals surface area contributed by atoms with Crippen LogP contribution in [0.3, 0.4) is 0 Å². The normalized spacial score (nSPS) is 18.3. The van der Waals surface area contributed by atoms with E-state index in [1.165, 1.54) is 35.0 Å². The third-order valence-corrected chi connectivity index (χ3v) is 8.08. The quantitative estimate of drug-likeness (QED) is 0.422. The molecule has 2 fully saturated rings. The second-order valence-corrected chi connectivity index (χ2v) is 10.8. The molecule has 0 N–H and O–H groups in total. The molecule has 10 nitrogen and oxygen atoms in total. The molecular formula is C33H43N7O3. The zero-order valence-corrected chi connectivity index (χ0v) is 25.8. The van der Waals surface area contributed by atoms with Crippen LogP contribution in [0.4, 0.5) is 11.5 Å². The third kappa shape index (κ3) is 7.80. The highest BCUT2D eigenvalue weighted by Crippen LogP contribution is 2.34. The number of hydrogen-bond donors (Lipinski definition) is 0. The fraction of sp³-hybridized carbons (Fsp3) is 0.455. The Hall–Kier alpha value is -4.20. The second kappa shape index (κ2) is 15.3. The molecule has 3 aromatic rings. The zero-order chi connectivity index (χ0) is 30.8. The number of fused-ring (bicyclic) bond motifs is 2. The molecule has 43 heavy (non-hydrogen) atoms. The number of piperazine rings is 1. The molecule has 3 aliphatic heterocycles. The Morgan fingerprint density at radius 3 is 2.44 bits per heavy atom. The van der Waals surface area contributed by atoms with Crippen molar-refractivity contribution in [1.29, 1.82) is 5.26 Å². The number of morpholine rings is 1. The molecule has 228 valence electrons. The SMILES string of the molecule is C=CC(=O)N1CCN(c2nc(OC)nc3c2CCN(c2cccc4ccccc24)C3)CC1.CC#N.CC1COCCN1C. The molecule has 0 bridgehead atoms. The summed E-state index contributed by atoms with van der Waals surface area (Å²) in [4.78, 5) is 30.2. The van der Waals surface area contributed by atoms with Crippen molar-refractivity contribution >= 4 is 28.2 Å². The summed E-state index contributed by atoms with van der Waals surface area (Å²) in [7, 11) is 3.74. The van der Waals surface area contributed by atoms with Crippen molar-refractivity contribution in [3.63, 3.8) is 0 Å². The van der Waals surface area contributed by atoms with Crippen LogP contribution in [0.1, 0.15) is 25.1 Å². The van der Waals surface area contributed by atoms with Crippen LogP contribution in [0.15, 0.2) is 55.1 Å². The lowest BCUT2D eigenvalue weighted by atomic mass is 10.0. The molecule has 1 unspecified atom stereocenters. The summed E-state index contributed by atoms with van der Waals surface area (Å²) in [5, 5.41) is 9.81. The first-order valence-corrected chi connectivity index (χ1v) is 14.8. The van der Waals surface area contributed by atoms with Crippen molar-refractivity contribution in [2.24, 2.45) is 0 Å². The first kappa shape index (κ1) is 31.7. The number of nitriles is 1. The Kier molecular flexibility index (Phi) is 11.3. The molecule has 0 spiro atoms. The van der Waals surface area contributed by atoms with Crippen LogP contribution >= 0.6 is 0 Å². The Bertz CT molecular complexity index is 1420. The molecule has 0 saturated carbocycles. The van der Waals surface area contributed by atoms with E-state index in [0.29, 0.717) is 31.7 Å². The van der Waals surface area contributed by atoms with Crippen LogP contribution in [0.5, 0.6) is 6.01 Å². The fourth-order valence-corrected chi connectivity index (χ4v) is 5.51. The number of nitrogens with zero attached hydrogens (tertiary/aromatic N) is 7. The van der Waals surface area contributed by atoms with Gasteiger partial charge in [-0.05, 0) is 37.9 Å². The summed E-state index contributed by atoms with van der Waals surface area (Å²) in [6, 6.07) is 17.7. The number of aromatic nitrogens is 2. The molecule has 0 radical (unpaired) electrons. The van der Waals surface area contributed by atoms with E-state index in [4.69, 9.17) is 24.7 Å². The van der Waals surface area contributed by atoms with E-state index in [1.54, 1.807) is 13.2 Å². The van der Waals surface area contributed by atoms with Gasteiger partial charge in [0.05, 0.1) is 38.6 Å². The molecule has 10 heteroatoms. The topological polar surface area (TPSA) is 98.1 Å². The summed E-state index contributed by atoms with van der Waals surface area (Å²) in [6.45, 7) is 14.5. The first-order chi connectivity index (χ1) is 20.9. The number of ether oxygens (including phenoxy) is 2. The van der Waals surface area contributed by atoms with E-state index in [2.05, 4.69) is 77.7 Å². The van der Waals surface area contributed by atoms with E-state index in [-0.39, 0.29) is 5.91 Å². The molecule has 1 atom stereocenters. The number of rotatable bonds is 4. The number of anilines is 2. The van der Waals surface area contributed by atoms with Crippen LogP contribution in [0.2, 0.25) is 0 Å². The second-order valence-electron chi connectivity index (χ2n) is 10.8. The van der Waals surface area contributed by atoms with E-state index in [9.17, 15) is 4.79 Å². The predicted octanol–water partition coefficient (Wildman–Crippen LogP) is 3.90. The Morgan fingerprint density at radius 1 is 1.07 bits per heavy atom. The number of likely N-dealkylation sites (N-methyl/N-ethyl adjacent to an activating group) is 1. The minimum absolute atomic E-state index is 0.0160. The molecule has 6 rings (SSSR count). The van der Waals surface area contributed by atoms with Crippen molar-refractivity contribution in [1.82, 2.24) is 19.8 Å². The van der Waals surface area contributed by atoms with Crippen LogP contribution in [-0.2, 0) is 22.5 Å². The standard InChI is InChI=1S/C25H27N5O2.C6H13NO.C2H3N/c1-3-23(31)28-13-15-29(16-14-28)24-20-11-12-30(17-21(20)26-25(27-24)32-2)22-10-6-8-18-7-4-5-9-19(18)22;1-6-5-8-4-3-7(6)2;1-2-3/h3-10H,1,11-17H2,2H3;6H,3-5H2,1-2H3;1H3. The molecular weight excluding hydrogens is 542 g/mol. The Labute approximate surface area is 255 Å². The minimum Gasteiger partial charge on any atom is -0.467 e. The van der Waals surface area contributed by atoms with Gasteiger partial charge in [0.2, 0.25) is 5.91 Å². The van der Waals surface area contributed by atoms with Crippen LogP contribution < -0.4 is 14.5 Å². The van der Waals surface area contributed by atoms with Crippen molar-refractivity contribution in [2.75, 3.05) is 76.4 Å². The van der Waals surface area contributed by atoms with Gasteiger partial charge in [0, 0.05) is 68.9 Å². The third-order valence-electron chi connectivity index (χ3n) is 8.08. The summed E-state index contributed by atoms with van der Waals surface area (Å²) in [5.74, 6) is 0.924. The van der Waals surface area contributed by atoms with Crippen molar-refractivity contribution in [3.8, 4) is 12.1 Å².